The monoisotopic (exact) mass is 323 g/mol. The lowest BCUT2D eigenvalue weighted by molar-refractivity contribution is 0.0729. The third-order valence-electron chi connectivity index (χ3n) is 2.73. The molecule has 4 nitrogen and oxygen atoms in total. The summed E-state index contributed by atoms with van der Waals surface area (Å²) in [6.45, 7) is 0. The van der Waals surface area contributed by atoms with E-state index in [4.69, 9.17) is 26.3 Å². The molecular formula is C15H8ClF2NO3. The Morgan fingerprint density at radius 2 is 1.86 bits per heavy atom. The van der Waals surface area contributed by atoms with E-state index < -0.39 is 17.6 Å². The van der Waals surface area contributed by atoms with Gasteiger partial charge in [0.2, 0.25) is 0 Å². The number of carbonyl (C=O) groups is 1. The summed E-state index contributed by atoms with van der Waals surface area (Å²) < 4.78 is 36.2. The first-order valence-electron chi connectivity index (χ1n) is 5.91. The summed E-state index contributed by atoms with van der Waals surface area (Å²) in [6, 6.07) is 7.37. The molecule has 2 aromatic rings. The van der Waals surface area contributed by atoms with E-state index in [0.717, 1.165) is 0 Å². The van der Waals surface area contributed by atoms with Crippen molar-refractivity contribution in [3.63, 3.8) is 0 Å². The predicted octanol–water partition coefficient (Wildman–Crippen LogP) is 3.72. The van der Waals surface area contributed by atoms with Gasteiger partial charge in [0.25, 0.3) is 0 Å². The van der Waals surface area contributed by atoms with Crippen LogP contribution in [0, 0.1) is 23.0 Å². The topological polar surface area (TPSA) is 59.3 Å². The molecule has 7 heteroatoms. The van der Waals surface area contributed by atoms with E-state index in [0.29, 0.717) is 17.7 Å². The molecule has 0 radical (unpaired) electrons. The fourth-order valence-electron chi connectivity index (χ4n) is 1.66. The van der Waals surface area contributed by atoms with Crippen molar-refractivity contribution < 1.29 is 23.0 Å². The van der Waals surface area contributed by atoms with Crippen LogP contribution in [0.15, 0.2) is 30.3 Å². The van der Waals surface area contributed by atoms with Crippen LogP contribution in [0.1, 0.15) is 15.9 Å². The van der Waals surface area contributed by atoms with Gasteiger partial charge in [0.1, 0.15) is 0 Å². The molecule has 0 atom stereocenters. The SMILES string of the molecule is COc1cc(C#N)ccc1OC(=O)c1cc(F)c(F)cc1Cl. The van der Waals surface area contributed by atoms with E-state index in [1.54, 1.807) is 0 Å². The Balaban J connectivity index is 2.34. The largest absolute Gasteiger partial charge is 0.493 e. The molecule has 0 N–H and O–H groups in total. The smallest absolute Gasteiger partial charge is 0.345 e. The number of carbonyl (C=O) groups excluding carboxylic acids is 1. The van der Waals surface area contributed by atoms with Crippen LogP contribution in [-0.4, -0.2) is 13.1 Å². The van der Waals surface area contributed by atoms with Crippen molar-refractivity contribution in [2.75, 3.05) is 7.11 Å². The number of hydrogen-bond acceptors (Lipinski definition) is 4. The molecule has 0 aliphatic rings. The molecule has 0 fully saturated rings. The molecule has 2 aromatic carbocycles. The highest BCUT2D eigenvalue weighted by molar-refractivity contribution is 6.33. The number of halogens is 3. The van der Waals surface area contributed by atoms with Crippen LogP contribution in [-0.2, 0) is 0 Å². The lowest BCUT2D eigenvalue weighted by atomic mass is 10.2. The number of benzene rings is 2. The number of ether oxygens (including phenoxy) is 2. The summed E-state index contributed by atoms with van der Waals surface area (Å²) in [6.07, 6.45) is 0. The van der Waals surface area contributed by atoms with Crippen molar-refractivity contribution in [1.29, 1.82) is 5.26 Å². The average Bonchev–Trinajstić information content (AvgIpc) is 2.51. The van der Waals surface area contributed by atoms with Crippen LogP contribution in [0.2, 0.25) is 5.02 Å². The molecule has 0 bridgehead atoms. The Morgan fingerprint density at radius 3 is 2.50 bits per heavy atom. The lowest BCUT2D eigenvalue weighted by Crippen LogP contribution is -2.11. The van der Waals surface area contributed by atoms with E-state index in [-0.39, 0.29) is 22.1 Å². The first-order valence-corrected chi connectivity index (χ1v) is 6.29. The second-order valence-corrected chi connectivity index (χ2v) is 4.52. The van der Waals surface area contributed by atoms with Crippen LogP contribution < -0.4 is 9.47 Å². The molecule has 0 spiro atoms. The molecular weight excluding hydrogens is 316 g/mol. The van der Waals surface area contributed by atoms with E-state index in [1.165, 1.54) is 25.3 Å². The second-order valence-electron chi connectivity index (χ2n) is 4.11. The highest BCUT2D eigenvalue weighted by Crippen LogP contribution is 2.29. The number of nitriles is 1. The summed E-state index contributed by atoms with van der Waals surface area (Å²) in [5.74, 6) is -3.20. The molecule has 0 amide bonds. The highest BCUT2D eigenvalue weighted by atomic mass is 35.5. The van der Waals surface area contributed by atoms with E-state index in [1.807, 2.05) is 6.07 Å². The normalized spacial score (nSPS) is 9.95. The number of rotatable bonds is 3. The van der Waals surface area contributed by atoms with Gasteiger partial charge in [-0.3, -0.25) is 0 Å². The molecule has 0 aromatic heterocycles. The second kappa shape index (κ2) is 6.41. The van der Waals surface area contributed by atoms with Gasteiger partial charge in [-0.2, -0.15) is 5.26 Å². The minimum absolute atomic E-state index is 0.0206. The Bertz CT molecular complexity index is 787. The van der Waals surface area contributed by atoms with Crippen molar-refractivity contribution in [2.24, 2.45) is 0 Å². The number of methoxy groups -OCH3 is 1. The maximum Gasteiger partial charge on any atom is 0.345 e. The zero-order chi connectivity index (χ0) is 16.3. The third kappa shape index (κ3) is 3.15. The molecule has 0 saturated heterocycles. The summed E-state index contributed by atoms with van der Waals surface area (Å²) in [7, 11) is 1.33. The van der Waals surface area contributed by atoms with Crippen molar-refractivity contribution in [3.8, 4) is 17.6 Å². The van der Waals surface area contributed by atoms with Gasteiger partial charge in [-0.1, -0.05) is 11.6 Å². The summed E-state index contributed by atoms with van der Waals surface area (Å²) >= 11 is 5.70. The summed E-state index contributed by atoms with van der Waals surface area (Å²) in [5.41, 5.74) is -0.0190. The number of hydrogen-bond donors (Lipinski definition) is 0. The quantitative estimate of drug-likeness (QED) is 0.491. The molecule has 0 saturated carbocycles. The molecule has 0 aliphatic carbocycles. The minimum atomic E-state index is -1.22. The van der Waals surface area contributed by atoms with Crippen LogP contribution in [0.4, 0.5) is 8.78 Å². The first-order chi connectivity index (χ1) is 10.5. The van der Waals surface area contributed by atoms with E-state index >= 15 is 0 Å². The van der Waals surface area contributed by atoms with Gasteiger partial charge < -0.3 is 9.47 Å². The van der Waals surface area contributed by atoms with Gasteiger partial charge in [0.15, 0.2) is 23.1 Å². The maximum absolute atomic E-state index is 13.2. The Morgan fingerprint density at radius 1 is 1.18 bits per heavy atom. The number of nitrogens with zero attached hydrogens (tertiary/aromatic N) is 1. The van der Waals surface area contributed by atoms with Gasteiger partial charge in [0.05, 0.1) is 29.3 Å². The first kappa shape index (κ1) is 15.7. The van der Waals surface area contributed by atoms with Crippen LogP contribution in [0.3, 0.4) is 0 Å². The molecule has 0 aliphatic heterocycles. The van der Waals surface area contributed by atoms with Gasteiger partial charge >= 0.3 is 5.97 Å². The highest BCUT2D eigenvalue weighted by Gasteiger charge is 2.18. The molecule has 0 unspecified atom stereocenters. The van der Waals surface area contributed by atoms with E-state index in [2.05, 4.69) is 0 Å². The maximum atomic E-state index is 13.2. The summed E-state index contributed by atoms with van der Waals surface area (Å²) in [5, 5.41) is 8.51. The zero-order valence-electron chi connectivity index (χ0n) is 11.2. The Labute approximate surface area is 129 Å². The van der Waals surface area contributed by atoms with Crippen molar-refractivity contribution in [2.45, 2.75) is 0 Å². The van der Waals surface area contributed by atoms with E-state index in [9.17, 15) is 13.6 Å². The lowest BCUT2D eigenvalue weighted by Gasteiger charge is -2.10. The fraction of sp³-hybridized carbons (Fsp3) is 0.0667. The van der Waals surface area contributed by atoms with Crippen molar-refractivity contribution in [3.05, 3.63) is 58.1 Å². The Kier molecular flexibility index (Phi) is 4.59. The van der Waals surface area contributed by atoms with Crippen LogP contribution >= 0.6 is 11.6 Å². The third-order valence-corrected chi connectivity index (χ3v) is 3.04. The molecule has 2 rings (SSSR count). The molecule has 0 heterocycles. The van der Waals surface area contributed by atoms with Gasteiger partial charge in [0, 0.05) is 6.07 Å². The Hall–Kier alpha value is -2.65. The fourth-order valence-corrected chi connectivity index (χ4v) is 1.88. The number of esters is 1. The van der Waals surface area contributed by atoms with Crippen LogP contribution in [0.5, 0.6) is 11.5 Å². The average molecular weight is 324 g/mol. The molecule has 22 heavy (non-hydrogen) atoms. The van der Waals surface area contributed by atoms with Gasteiger partial charge in [-0.05, 0) is 24.3 Å². The van der Waals surface area contributed by atoms with Gasteiger partial charge in [-0.15, -0.1) is 0 Å². The zero-order valence-corrected chi connectivity index (χ0v) is 11.9. The minimum Gasteiger partial charge on any atom is -0.493 e. The van der Waals surface area contributed by atoms with Gasteiger partial charge in [-0.25, -0.2) is 13.6 Å². The van der Waals surface area contributed by atoms with Crippen LogP contribution in [0.25, 0.3) is 0 Å². The predicted molar refractivity (Wildman–Crippen MR) is 74.0 cm³/mol. The molecule has 112 valence electrons. The van der Waals surface area contributed by atoms with Crippen molar-refractivity contribution >= 4 is 17.6 Å². The van der Waals surface area contributed by atoms with Crippen molar-refractivity contribution in [1.82, 2.24) is 0 Å². The summed E-state index contributed by atoms with van der Waals surface area (Å²) in [4.78, 5) is 12.0. The standard InChI is InChI=1S/C15H8ClF2NO3/c1-21-14-4-8(7-19)2-3-13(14)22-15(20)9-5-11(17)12(18)6-10(9)16/h2-6H,1H3.